The lowest BCUT2D eigenvalue weighted by atomic mass is 10.2. The van der Waals surface area contributed by atoms with Crippen molar-refractivity contribution in [3.05, 3.63) is 53.1 Å². The molecule has 0 spiro atoms. The summed E-state index contributed by atoms with van der Waals surface area (Å²) in [5.41, 5.74) is -0.279. The van der Waals surface area contributed by atoms with E-state index < -0.39 is 0 Å². The van der Waals surface area contributed by atoms with Gasteiger partial charge < -0.3 is 10.2 Å². The second-order valence-corrected chi connectivity index (χ2v) is 5.21. The number of carbonyl (C=O) groups excluding carboxylic acids is 1. The number of nitrogens with one attached hydrogen (secondary N) is 1. The zero-order valence-corrected chi connectivity index (χ0v) is 12.1. The molecule has 1 atom stereocenters. The van der Waals surface area contributed by atoms with Crippen LogP contribution in [-0.4, -0.2) is 39.8 Å². The van der Waals surface area contributed by atoms with Crippen LogP contribution in [0.15, 0.2) is 47.5 Å². The molecule has 1 aliphatic heterocycles. The van der Waals surface area contributed by atoms with Gasteiger partial charge in [-0.05, 0) is 24.6 Å². The third-order valence-electron chi connectivity index (χ3n) is 3.61. The van der Waals surface area contributed by atoms with Gasteiger partial charge in [-0.25, -0.2) is 9.67 Å². The van der Waals surface area contributed by atoms with Crippen molar-refractivity contribution in [2.45, 2.75) is 19.0 Å². The molecule has 0 radical (unpaired) electrons. The third kappa shape index (κ3) is 3.30. The SMILES string of the molecule is O=C(Cn1ncccc1=O)NC1CCN(c2ccccn2)C1. The van der Waals surface area contributed by atoms with Crippen molar-refractivity contribution >= 4 is 11.7 Å². The molecule has 2 aromatic rings. The minimum atomic E-state index is -0.279. The predicted molar refractivity (Wildman–Crippen MR) is 81.5 cm³/mol. The quantitative estimate of drug-likeness (QED) is 0.862. The lowest BCUT2D eigenvalue weighted by molar-refractivity contribution is -0.122. The highest BCUT2D eigenvalue weighted by atomic mass is 16.2. The highest BCUT2D eigenvalue weighted by Gasteiger charge is 2.24. The first-order valence-electron chi connectivity index (χ1n) is 7.20. The van der Waals surface area contributed by atoms with Gasteiger partial charge in [0.05, 0.1) is 0 Å². The number of amides is 1. The first-order chi connectivity index (χ1) is 10.7. The Bertz CT molecular complexity index is 700. The fourth-order valence-corrected chi connectivity index (χ4v) is 2.54. The van der Waals surface area contributed by atoms with Gasteiger partial charge in [-0.3, -0.25) is 9.59 Å². The summed E-state index contributed by atoms with van der Waals surface area (Å²) in [6.07, 6.45) is 4.11. The lowest BCUT2D eigenvalue weighted by Gasteiger charge is -2.17. The van der Waals surface area contributed by atoms with Gasteiger partial charge in [0.15, 0.2) is 0 Å². The van der Waals surface area contributed by atoms with Crippen LogP contribution in [0.4, 0.5) is 5.82 Å². The van der Waals surface area contributed by atoms with Crippen LogP contribution in [0.1, 0.15) is 6.42 Å². The standard InChI is InChI=1S/C15H17N5O2/c21-14(11-20-15(22)5-3-8-17-20)18-12-6-9-19(10-12)13-4-1-2-7-16-13/h1-5,7-8,12H,6,9-11H2,(H,18,21). The second-order valence-electron chi connectivity index (χ2n) is 5.21. The number of anilines is 1. The second kappa shape index (κ2) is 6.38. The number of nitrogens with zero attached hydrogens (tertiary/aromatic N) is 4. The molecule has 114 valence electrons. The molecular formula is C15H17N5O2. The largest absolute Gasteiger partial charge is 0.354 e. The minimum Gasteiger partial charge on any atom is -0.354 e. The van der Waals surface area contributed by atoms with Gasteiger partial charge in [0, 0.05) is 37.6 Å². The van der Waals surface area contributed by atoms with Crippen LogP contribution in [-0.2, 0) is 11.3 Å². The Hall–Kier alpha value is -2.70. The lowest BCUT2D eigenvalue weighted by Crippen LogP contribution is -2.40. The third-order valence-corrected chi connectivity index (χ3v) is 3.61. The van der Waals surface area contributed by atoms with E-state index in [9.17, 15) is 9.59 Å². The van der Waals surface area contributed by atoms with Crippen LogP contribution in [0.5, 0.6) is 0 Å². The number of carbonyl (C=O) groups is 1. The highest BCUT2D eigenvalue weighted by molar-refractivity contribution is 5.76. The number of hydrogen-bond donors (Lipinski definition) is 1. The zero-order chi connectivity index (χ0) is 15.4. The molecular weight excluding hydrogens is 282 g/mol. The van der Waals surface area contributed by atoms with Crippen molar-refractivity contribution in [1.82, 2.24) is 20.1 Å². The Balaban J connectivity index is 1.55. The molecule has 1 fully saturated rings. The highest BCUT2D eigenvalue weighted by Crippen LogP contribution is 2.17. The van der Waals surface area contributed by atoms with Crippen LogP contribution in [0.3, 0.4) is 0 Å². The average molecular weight is 299 g/mol. The van der Waals surface area contributed by atoms with E-state index in [0.29, 0.717) is 0 Å². The molecule has 7 heteroatoms. The predicted octanol–water partition coefficient (Wildman–Crippen LogP) is 0.0334. The van der Waals surface area contributed by atoms with Crippen LogP contribution in [0.25, 0.3) is 0 Å². The van der Waals surface area contributed by atoms with E-state index in [1.54, 1.807) is 12.3 Å². The zero-order valence-electron chi connectivity index (χ0n) is 12.1. The molecule has 1 amide bonds. The number of aromatic nitrogens is 3. The van der Waals surface area contributed by atoms with E-state index in [4.69, 9.17) is 0 Å². The topological polar surface area (TPSA) is 80.1 Å². The fourth-order valence-electron chi connectivity index (χ4n) is 2.54. The average Bonchev–Trinajstić information content (AvgIpc) is 2.99. The molecule has 7 nitrogen and oxygen atoms in total. The summed E-state index contributed by atoms with van der Waals surface area (Å²) >= 11 is 0. The van der Waals surface area contributed by atoms with Crippen LogP contribution >= 0.6 is 0 Å². The van der Waals surface area contributed by atoms with Crippen molar-refractivity contribution in [2.75, 3.05) is 18.0 Å². The monoisotopic (exact) mass is 299 g/mol. The first kappa shape index (κ1) is 14.2. The number of hydrogen-bond acceptors (Lipinski definition) is 5. The first-order valence-corrected chi connectivity index (χ1v) is 7.20. The molecule has 1 saturated heterocycles. The summed E-state index contributed by atoms with van der Waals surface area (Å²) < 4.78 is 1.15. The Morgan fingerprint density at radius 1 is 1.27 bits per heavy atom. The summed E-state index contributed by atoms with van der Waals surface area (Å²) in [6.45, 7) is 1.52. The van der Waals surface area contributed by atoms with Gasteiger partial charge in [0.2, 0.25) is 5.91 Å². The Kier molecular flexibility index (Phi) is 4.13. The summed E-state index contributed by atoms with van der Waals surface area (Å²) in [6, 6.07) is 8.79. The summed E-state index contributed by atoms with van der Waals surface area (Å²) in [4.78, 5) is 30.0. The van der Waals surface area contributed by atoms with Gasteiger partial charge in [0.1, 0.15) is 12.4 Å². The molecule has 0 saturated carbocycles. The molecule has 1 unspecified atom stereocenters. The van der Waals surface area contributed by atoms with Crippen molar-refractivity contribution in [3.8, 4) is 0 Å². The summed E-state index contributed by atoms with van der Waals surface area (Å²) in [5, 5.41) is 6.82. The van der Waals surface area contributed by atoms with E-state index in [0.717, 1.165) is 30.0 Å². The van der Waals surface area contributed by atoms with Crippen molar-refractivity contribution < 1.29 is 4.79 Å². The van der Waals surface area contributed by atoms with Crippen LogP contribution in [0.2, 0.25) is 0 Å². The Morgan fingerprint density at radius 3 is 2.95 bits per heavy atom. The van der Waals surface area contributed by atoms with Gasteiger partial charge in [-0.15, -0.1) is 0 Å². The van der Waals surface area contributed by atoms with Gasteiger partial charge in [0.25, 0.3) is 5.56 Å². The van der Waals surface area contributed by atoms with Crippen LogP contribution < -0.4 is 15.8 Å². The van der Waals surface area contributed by atoms with E-state index in [-0.39, 0.29) is 24.1 Å². The molecule has 0 aromatic carbocycles. The van der Waals surface area contributed by atoms with Gasteiger partial charge >= 0.3 is 0 Å². The molecule has 0 bridgehead atoms. The molecule has 3 heterocycles. The van der Waals surface area contributed by atoms with Gasteiger partial charge in [-0.2, -0.15) is 5.10 Å². The summed E-state index contributed by atoms with van der Waals surface area (Å²) in [7, 11) is 0. The van der Waals surface area contributed by atoms with Crippen molar-refractivity contribution in [2.24, 2.45) is 0 Å². The Labute approximate surface area is 127 Å². The number of rotatable bonds is 4. The maximum Gasteiger partial charge on any atom is 0.267 e. The maximum absolute atomic E-state index is 12.0. The fraction of sp³-hybridized carbons (Fsp3) is 0.333. The van der Waals surface area contributed by atoms with Crippen LogP contribution in [0, 0.1) is 0 Å². The molecule has 3 rings (SSSR count). The molecule has 1 aliphatic rings. The van der Waals surface area contributed by atoms with E-state index in [1.165, 1.54) is 12.3 Å². The molecule has 22 heavy (non-hydrogen) atoms. The normalized spacial score (nSPS) is 17.5. The van der Waals surface area contributed by atoms with Gasteiger partial charge in [-0.1, -0.05) is 6.07 Å². The van der Waals surface area contributed by atoms with Crippen molar-refractivity contribution in [1.29, 1.82) is 0 Å². The smallest absolute Gasteiger partial charge is 0.267 e. The molecule has 2 aromatic heterocycles. The Morgan fingerprint density at radius 2 is 2.18 bits per heavy atom. The molecule has 1 N–H and O–H groups in total. The van der Waals surface area contributed by atoms with E-state index in [1.807, 2.05) is 18.2 Å². The molecule has 0 aliphatic carbocycles. The van der Waals surface area contributed by atoms with Crippen molar-refractivity contribution in [3.63, 3.8) is 0 Å². The maximum atomic E-state index is 12.0. The van der Waals surface area contributed by atoms with E-state index >= 15 is 0 Å². The van der Waals surface area contributed by atoms with E-state index in [2.05, 4.69) is 20.3 Å². The summed E-state index contributed by atoms with van der Waals surface area (Å²) in [5.74, 6) is 0.717. The number of pyridine rings is 1. The minimum absolute atomic E-state index is 0.0558.